The summed E-state index contributed by atoms with van der Waals surface area (Å²) >= 11 is 0. The van der Waals surface area contributed by atoms with E-state index in [1.54, 1.807) is 13.0 Å². The molecule has 4 heteroatoms. The zero-order valence-electron chi connectivity index (χ0n) is 12.8. The molecule has 3 unspecified atom stereocenters. The van der Waals surface area contributed by atoms with Crippen LogP contribution in [0.1, 0.15) is 44.2 Å². The molecule has 3 atom stereocenters. The van der Waals surface area contributed by atoms with Gasteiger partial charge in [0.15, 0.2) is 0 Å². The van der Waals surface area contributed by atoms with Crippen LogP contribution < -0.4 is 5.32 Å². The van der Waals surface area contributed by atoms with E-state index in [2.05, 4.69) is 19.2 Å². The Kier molecular flexibility index (Phi) is 4.31. The van der Waals surface area contributed by atoms with Crippen molar-refractivity contribution in [3.63, 3.8) is 0 Å². The van der Waals surface area contributed by atoms with E-state index in [0.717, 1.165) is 35.6 Å². The molecule has 0 radical (unpaired) electrons. The predicted molar refractivity (Wildman–Crippen MR) is 82.2 cm³/mol. The van der Waals surface area contributed by atoms with Gasteiger partial charge >= 0.3 is 0 Å². The van der Waals surface area contributed by atoms with Crippen LogP contribution in [0.25, 0.3) is 0 Å². The van der Waals surface area contributed by atoms with Gasteiger partial charge in [0.05, 0.1) is 4.92 Å². The number of aryl methyl sites for hydroxylation is 2. The Morgan fingerprint density at radius 3 is 2.45 bits per heavy atom. The van der Waals surface area contributed by atoms with Gasteiger partial charge in [-0.15, -0.1) is 0 Å². The van der Waals surface area contributed by atoms with Crippen LogP contribution in [-0.4, -0.2) is 11.0 Å². The minimum Gasteiger partial charge on any atom is -0.382 e. The fraction of sp³-hybridized carbons (Fsp3) is 0.625. The lowest BCUT2D eigenvalue weighted by Crippen LogP contribution is -2.30. The van der Waals surface area contributed by atoms with Gasteiger partial charge in [-0.1, -0.05) is 13.8 Å². The van der Waals surface area contributed by atoms with E-state index in [1.165, 1.54) is 6.42 Å². The molecule has 1 fully saturated rings. The first-order valence-electron chi connectivity index (χ1n) is 7.40. The average molecular weight is 276 g/mol. The summed E-state index contributed by atoms with van der Waals surface area (Å²) in [6.07, 6.45) is 3.51. The molecular formula is C16H24N2O2. The molecule has 2 rings (SSSR count). The number of hydrogen-bond donors (Lipinski definition) is 1. The molecule has 0 spiro atoms. The summed E-state index contributed by atoms with van der Waals surface area (Å²) in [6.45, 7) is 8.40. The molecule has 0 aromatic heterocycles. The second-order valence-corrected chi connectivity index (χ2v) is 6.32. The fourth-order valence-electron chi connectivity index (χ4n) is 3.09. The molecule has 1 N–H and O–H groups in total. The lowest BCUT2D eigenvalue weighted by Gasteiger charge is -2.33. The highest BCUT2D eigenvalue weighted by molar-refractivity contribution is 5.60. The molecule has 1 aromatic rings. The van der Waals surface area contributed by atoms with Crippen LogP contribution in [0, 0.1) is 35.8 Å². The number of nitrogens with zero attached hydrogens (tertiary/aromatic N) is 1. The number of nitro benzene ring substituents is 1. The minimum atomic E-state index is -0.300. The van der Waals surface area contributed by atoms with Crippen LogP contribution in [0.15, 0.2) is 12.1 Å². The summed E-state index contributed by atoms with van der Waals surface area (Å²) in [4.78, 5) is 10.8. The van der Waals surface area contributed by atoms with E-state index in [-0.39, 0.29) is 10.6 Å². The van der Waals surface area contributed by atoms with Crippen LogP contribution in [0.2, 0.25) is 0 Å². The Hall–Kier alpha value is -1.58. The molecule has 1 aliphatic rings. The highest BCUT2D eigenvalue weighted by Crippen LogP contribution is 2.33. The molecule has 1 aliphatic carbocycles. The topological polar surface area (TPSA) is 55.2 Å². The Morgan fingerprint density at radius 2 is 1.85 bits per heavy atom. The number of rotatable bonds is 3. The quantitative estimate of drug-likeness (QED) is 0.655. The van der Waals surface area contributed by atoms with Gasteiger partial charge in [0.25, 0.3) is 5.69 Å². The Bertz CT molecular complexity index is 513. The highest BCUT2D eigenvalue weighted by atomic mass is 16.6. The van der Waals surface area contributed by atoms with E-state index >= 15 is 0 Å². The standard InChI is InChI=1S/C16H24N2O2/c1-10-5-6-14(8-11(10)2)17-15-9-16(18(19)20)13(4)7-12(15)3/h7,9-11,14,17H,5-6,8H2,1-4H3. The first-order valence-corrected chi connectivity index (χ1v) is 7.40. The van der Waals surface area contributed by atoms with Gasteiger partial charge in [-0.25, -0.2) is 0 Å². The van der Waals surface area contributed by atoms with Crippen LogP contribution in [0.5, 0.6) is 0 Å². The SMILES string of the molecule is Cc1cc(C)c([N+](=O)[O-])cc1NC1CCC(C)C(C)C1. The third kappa shape index (κ3) is 3.11. The molecule has 0 heterocycles. The summed E-state index contributed by atoms with van der Waals surface area (Å²) in [7, 11) is 0. The van der Waals surface area contributed by atoms with E-state index in [9.17, 15) is 10.1 Å². The summed E-state index contributed by atoms with van der Waals surface area (Å²) in [5, 5.41) is 14.6. The summed E-state index contributed by atoms with van der Waals surface area (Å²) in [5.41, 5.74) is 2.92. The summed E-state index contributed by atoms with van der Waals surface area (Å²) in [6, 6.07) is 4.02. The van der Waals surface area contributed by atoms with Gasteiger partial charge in [-0.3, -0.25) is 10.1 Å². The van der Waals surface area contributed by atoms with E-state index < -0.39 is 0 Å². The molecule has 110 valence electrons. The molecule has 1 aromatic carbocycles. The first kappa shape index (κ1) is 14.8. The lowest BCUT2D eigenvalue weighted by atomic mass is 9.79. The van der Waals surface area contributed by atoms with Crippen molar-refractivity contribution in [2.45, 2.75) is 53.0 Å². The highest BCUT2D eigenvalue weighted by Gasteiger charge is 2.25. The number of hydrogen-bond acceptors (Lipinski definition) is 3. The lowest BCUT2D eigenvalue weighted by molar-refractivity contribution is -0.385. The molecule has 0 bridgehead atoms. The Morgan fingerprint density at radius 1 is 1.15 bits per heavy atom. The van der Waals surface area contributed by atoms with Crippen molar-refractivity contribution in [2.24, 2.45) is 11.8 Å². The number of nitrogens with one attached hydrogen (secondary N) is 1. The van der Waals surface area contributed by atoms with Crippen LogP contribution in [-0.2, 0) is 0 Å². The minimum absolute atomic E-state index is 0.204. The Labute approximate surface area is 120 Å². The van der Waals surface area contributed by atoms with Crippen molar-refractivity contribution in [1.82, 2.24) is 0 Å². The summed E-state index contributed by atoms with van der Waals surface area (Å²) in [5.74, 6) is 1.49. The van der Waals surface area contributed by atoms with Crippen LogP contribution in [0.4, 0.5) is 11.4 Å². The van der Waals surface area contributed by atoms with Crippen molar-refractivity contribution in [1.29, 1.82) is 0 Å². The maximum absolute atomic E-state index is 11.1. The second kappa shape index (κ2) is 5.81. The van der Waals surface area contributed by atoms with Gasteiger partial charge in [0.2, 0.25) is 0 Å². The molecule has 4 nitrogen and oxygen atoms in total. The maximum atomic E-state index is 11.1. The average Bonchev–Trinajstić information content (AvgIpc) is 2.36. The van der Waals surface area contributed by atoms with E-state index in [4.69, 9.17) is 0 Å². The second-order valence-electron chi connectivity index (χ2n) is 6.32. The van der Waals surface area contributed by atoms with Gasteiger partial charge in [0, 0.05) is 23.4 Å². The van der Waals surface area contributed by atoms with Crippen molar-refractivity contribution in [3.8, 4) is 0 Å². The van der Waals surface area contributed by atoms with Gasteiger partial charge in [-0.2, -0.15) is 0 Å². The normalized spacial score (nSPS) is 26.3. The monoisotopic (exact) mass is 276 g/mol. The van der Waals surface area contributed by atoms with Crippen molar-refractivity contribution in [2.75, 3.05) is 5.32 Å². The number of benzene rings is 1. The van der Waals surface area contributed by atoms with E-state index in [0.29, 0.717) is 12.0 Å². The van der Waals surface area contributed by atoms with Crippen LogP contribution in [0.3, 0.4) is 0 Å². The van der Waals surface area contributed by atoms with Crippen molar-refractivity contribution < 1.29 is 4.92 Å². The number of anilines is 1. The third-order valence-corrected chi connectivity index (χ3v) is 4.70. The van der Waals surface area contributed by atoms with E-state index in [1.807, 2.05) is 13.0 Å². The first-order chi connectivity index (χ1) is 9.38. The molecule has 0 aliphatic heterocycles. The molecule has 1 saturated carbocycles. The molecule has 0 saturated heterocycles. The summed E-state index contributed by atoms with van der Waals surface area (Å²) < 4.78 is 0. The Balaban J connectivity index is 2.17. The molecular weight excluding hydrogens is 252 g/mol. The smallest absolute Gasteiger partial charge is 0.274 e. The van der Waals surface area contributed by atoms with Gasteiger partial charge in [-0.05, 0) is 56.6 Å². The fourth-order valence-corrected chi connectivity index (χ4v) is 3.09. The van der Waals surface area contributed by atoms with Gasteiger partial charge in [0.1, 0.15) is 0 Å². The van der Waals surface area contributed by atoms with Crippen molar-refractivity contribution in [3.05, 3.63) is 33.4 Å². The van der Waals surface area contributed by atoms with Gasteiger partial charge < -0.3 is 5.32 Å². The largest absolute Gasteiger partial charge is 0.382 e. The zero-order chi connectivity index (χ0) is 14.9. The van der Waals surface area contributed by atoms with Crippen LogP contribution >= 0.6 is 0 Å². The predicted octanol–water partition coefficient (Wildman–Crippen LogP) is 4.45. The number of nitro groups is 1. The zero-order valence-corrected chi connectivity index (χ0v) is 12.8. The molecule has 0 amide bonds. The van der Waals surface area contributed by atoms with Crippen molar-refractivity contribution >= 4 is 11.4 Å². The third-order valence-electron chi connectivity index (χ3n) is 4.70. The maximum Gasteiger partial charge on any atom is 0.274 e. The molecule has 20 heavy (non-hydrogen) atoms.